The maximum Gasteiger partial charge on any atom is 0.414 e. The van der Waals surface area contributed by atoms with Crippen molar-refractivity contribution in [2.24, 2.45) is 11.8 Å². The van der Waals surface area contributed by atoms with E-state index in [0.717, 1.165) is 29.9 Å². The summed E-state index contributed by atoms with van der Waals surface area (Å²) in [6, 6.07) is 5.32. The van der Waals surface area contributed by atoms with Gasteiger partial charge < -0.3 is 19.4 Å². The van der Waals surface area contributed by atoms with Crippen LogP contribution in [0.1, 0.15) is 23.4 Å². The highest BCUT2D eigenvalue weighted by atomic mass is 32.3. The van der Waals surface area contributed by atoms with Gasteiger partial charge in [-0.2, -0.15) is 10.6 Å². The summed E-state index contributed by atoms with van der Waals surface area (Å²) >= 11 is 0. The Kier molecular flexibility index (Phi) is 6.36. The highest BCUT2D eigenvalue weighted by Gasteiger charge is 2.40. The Labute approximate surface area is 202 Å². The average molecular weight is 512 g/mol. The molecule has 0 spiro atoms. The van der Waals surface area contributed by atoms with E-state index in [0.29, 0.717) is 30.5 Å². The molecule has 5 rings (SSSR count). The van der Waals surface area contributed by atoms with Gasteiger partial charge in [0.15, 0.2) is 17.4 Å². The summed E-state index contributed by atoms with van der Waals surface area (Å²) in [6.07, 6.45) is 1.39. The Morgan fingerprint density at radius 2 is 1.83 bits per heavy atom. The van der Waals surface area contributed by atoms with Crippen LogP contribution in [0.2, 0.25) is 0 Å². The number of cyclic esters (lactones) is 1. The number of furan rings is 1. The van der Waals surface area contributed by atoms with E-state index in [4.69, 9.17) is 9.15 Å². The number of ether oxygens (including phenoxy) is 1. The first-order valence-corrected chi connectivity index (χ1v) is 13.4. The lowest BCUT2D eigenvalue weighted by atomic mass is 9.85. The van der Waals surface area contributed by atoms with E-state index in [9.17, 15) is 18.7 Å². The van der Waals surface area contributed by atoms with Crippen molar-refractivity contribution in [3.8, 4) is 0 Å². The number of hydrogen-bond acceptors (Lipinski definition) is 7. The van der Waals surface area contributed by atoms with Gasteiger partial charge in [-0.05, 0) is 36.8 Å². The van der Waals surface area contributed by atoms with Gasteiger partial charge >= 0.3 is 6.09 Å². The Hall–Kier alpha value is -2.83. The molecule has 0 radical (unpaired) electrons. The second-order valence-corrected chi connectivity index (χ2v) is 11.6. The van der Waals surface area contributed by atoms with Gasteiger partial charge in [0.05, 0.1) is 25.0 Å². The van der Waals surface area contributed by atoms with E-state index in [1.807, 2.05) is 0 Å². The third-order valence-electron chi connectivity index (χ3n) is 6.91. The van der Waals surface area contributed by atoms with Gasteiger partial charge in [0.1, 0.15) is 11.8 Å². The van der Waals surface area contributed by atoms with Crippen LogP contribution in [0, 0.1) is 23.5 Å². The standard InChI is InChI=1S/C23H27F2N3O6S/c24-18-8-16(28-11-17(34-23(28)30)10-26-22(29)20-2-1-7-33-20)9-19(25)21(18)27-5-3-14(4-6-27)15-12-35(31,32)13-15/h1-2,7-9,14-15,17,31-32H,3-6,10-13H2,(H,26,29). The highest BCUT2D eigenvalue weighted by Crippen LogP contribution is 2.55. The minimum atomic E-state index is -2.40. The Bertz CT molecular complexity index is 1080. The fourth-order valence-corrected chi connectivity index (χ4v) is 6.87. The second kappa shape index (κ2) is 9.32. The summed E-state index contributed by atoms with van der Waals surface area (Å²) in [6.45, 7) is 0.991. The zero-order chi connectivity index (χ0) is 24.7. The number of nitrogens with zero attached hydrogens (tertiary/aromatic N) is 2. The topological polar surface area (TPSA) is 115 Å². The minimum absolute atomic E-state index is 0.0237. The van der Waals surface area contributed by atoms with Crippen molar-refractivity contribution in [1.29, 1.82) is 0 Å². The predicted octanol–water partition coefficient (Wildman–Crippen LogP) is 3.91. The summed E-state index contributed by atoms with van der Waals surface area (Å²) in [7, 11) is -2.40. The molecule has 1 atom stereocenters. The number of piperidine rings is 1. The monoisotopic (exact) mass is 511 g/mol. The Morgan fingerprint density at radius 3 is 2.43 bits per heavy atom. The van der Waals surface area contributed by atoms with Crippen LogP contribution in [0.5, 0.6) is 0 Å². The van der Waals surface area contributed by atoms with Gasteiger partial charge in [-0.15, -0.1) is 0 Å². The molecule has 0 bridgehead atoms. The first-order chi connectivity index (χ1) is 16.7. The van der Waals surface area contributed by atoms with Crippen molar-refractivity contribution in [2.45, 2.75) is 18.9 Å². The van der Waals surface area contributed by atoms with Crippen LogP contribution in [0.25, 0.3) is 0 Å². The lowest BCUT2D eigenvalue weighted by molar-refractivity contribution is 0.0889. The molecule has 3 N–H and O–H groups in total. The van der Waals surface area contributed by atoms with Crippen LogP contribution in [0.4, 0.5) is 25.0 Å². The molecule has 0 saturated carbocycles. The van der Waals surface area contributed by atoms with Crippen molar-refractivity contribution in [3.05, 3.63) is 47.9 Å². The smallest absolute Gasteiger partial charge is 0.414 e. The molecule has 2 aromatic rings. The molecular formula is C23H27F2N3O6S. The van der Waals surface area contributed by atoms with Crippen LogP contribution < -0.4 is 15.1 Å². The number of anilines is 2. The molecular weight excluding hydrogens is 484 g/mol. The summed E-state index contributed by atoms with van der Waals surface area (Å²) in [5, 5.41) is 2.60. The van der Waals surface area contributed by atoms with Crippen LogP contribution in [-0.2, 0) is 4.74 Å². The number of rotatable bonds is 6. The van der Waals surface area contributed by atoms with Gasteiger partial charge in [0.2, 0.25) is 0 Å². The van der Waals surface area contributed by atoms with Gasteiger partial charge in [-0.25, -0.2) is 13.6 Å². The lowest BCUT2D eigenvalue weighted by Gasteiger charge is -2.51. The zero-order valence-corrected chi connectivity index (χ0v) is 19.7. The van der Waals surface area contributed by atoms with Crippen molar-refractivity contribution >= 4 is 34.0 Å². The highest BCUT2D eigenvalue weighted by molar-refractivity contribution is 8.25. The van der Waals surface area contributed by atoms with Crippen molar-refractivity contribution < 1.29 is 36.6 Å². The minimum Gasteiger partial charge on any atom is -0.459 e. The molecule has 3 aliphatic heterocycles. The van der Waals surface area contributed by atoms with E-state index >= 15 is 8.78 Å². The van der Waals surface area contributed by atoms with E-state index in [2.05, 4.69) is 5.32 Å². The molecule has 3 saturated heterocycles. The van der Waals surface area contributed by atoms with Crippen LogP contribution in [-0.4, -0.2) is 64.9 Å². The van der Waals surface area contributed by atoms with Gasteiger partial charge in [0, 0.05) is 36.7 Å². The molecule has 35 heavy (non-hydrogen) atoms. The third-order valence-corrected chi connectivity index (χ3v) is 8.83. The molecule has 3 fully saturated rings. The summed E-state index contributed by atoms with van der Waals surface area (Å²) in [5.74, 6) is -0.432. The first kappa shape index (κ1) is 23.9. The first-order valence-electron chi connectivity index (χ1n) is 11.5. The van der Waals surface area contributed by atoms with Gasteiger partial charge in [0.25, 0.3) is 5.91 Å². The SMILES string of the molecule is O=C(NCC1CN(c2cc(F)c(N3CCC(C4CS(O)(O)C4)CC3)c(F)c2)C(=O)O1)c1ccco1. The molecule has 0 aliphatic carbocycles. The summed E-state index contributed by atoms with van der Waals surface area (Å²) in [4.78, 5) is 27.1. The van der Waals surface area contributed by atoms with Crippen molar-refractivity contribution in [1.82, 2.24) is 5.32 Å². The van der Waals surface area contributed by atoms with Crippen LogP contribution in [0.3, 0.4) is 0 Å². The van der Waals surface area contributed by atoms with Crippen LogP contribution in [0.15, 0.2) is 34.9 Å². The lowest BCUT2D eigenvalue weighted by Crippen LogP contribution is -2.44. The maximum atomic E-state index is 15.0. The summed E-state index contributed by atoms with van der Waals surface area (Å²) in [5.41, 5.74) is -0.0805. The number of carbonyl (C=O) groups excluding carboxylic acids is 2. The van der Waals surface area contributed by atoms with Gasteiger partial charge in [-0.3, -0.25) is 18.8 Å². The molecule has 4 heterocycles. The van der Waals surface area contributed by atoms with Crippen LogP contribution >= 0.6 is 10.6 Å². The number of halogens is 2. The third kappa shape index (κ3) is 4.95. The van der Waals surface area contributed by atoms with E-state index < -0.39 is 40.3 Å². The number of benzene rings is 1. The number of nitrogens with one attached hydrogen (secondary N) is 1. The normalized spacial score (nSPS) is 23.7. The fraction of sp³-hybridized carbons (Fsp3) is 0.478. The average Bonchev–Trinajstić information content (AvgIpc) is 3.46. The molecule has 2 amide bonds. The molecule has 1 unspecified atom stereocenters. The second-order valence-electron chi connectivity index (χ2n) is 9.28. The number of carbonyl (C=O) groups is 2. The summed E-state index contributed by atoms with van der Waals surface area (Å²) < 4.78 is 59.6. The number of hydrogen-bond donors (Lipinski definition) is 3. The molecule has 1 aromatic carbocycles. The quantitative estimate of drug-likeness (QED) is 0.539. The molecule has 3 aliphatic rings. The maximum absolute atomic E-state index is 15.0. The molecule has 9 nitrogen and oxygen atoms in total. The number of amides is 2. The fourth-order valence-electron chi connectivity index (χ4n) is 5.05. The van der Waals surface area contributed by atoms with E-state index in [1.165, 1.54) is 12.3 Å². The largest absolute Gasteiger partial charge is 0.459 e. The Morgan fingerprint density at radius 1 is 1.14 bits per heavy atom. The van der Waals surface area contributed by atoms with E-state index in [-0.39, 0.29) is 36.1 Å². The molecule has 1 aromatic heterocycles. The Balaban J connectivity index is 1.19. The van der Waals surface area contributed by atoms with Crippen molar-refractivity contribution in [3.63, 3.8) is 0 Å². The van der Waals surface area contributed by atoms with Crippen molar-refractivity contribution in [2.75, 3.05) is 47.5 Å². The predicted molar refractivity (Wildman–Crippen MR) is 126 cm³/mol. The van der Waals surface area contributed by atoms with Gasteiger partial charge in [-0.1, -0.05) is 0 Å². The van der Waals surface area contributed by atoms with E-state index in [1.54, 1.807) is 11.0 Å². The molecule has 12 heteroatoms. The molecule has 190 valence electrons. The zero-order valence-electron chi connectivity index (χ0n) is 18.9.